The standard InChI is InChI=1S/C20H25N3O4S/c1-28(26,27)22-18-8-4-7-16(11-18)20(25)21-12-19(24)14-23-10-9-15-5-2-3-6-17(15)13-23/h2-8,11,19,22,24H,9-10,12-14H2,1H3,(H,21,25). The molecule has 150 valence electrons. The van der Waals surface area contributed by atoms with Gasteiger partial charge in [-0.1, -0.05) is 30.3 Å². The Morgan fingerprint density at radius 2 is 1.93 bits per heavy atom. The van der Waals surface area contributed by atoms with Gasteiger partial charge < -0.3 is 10.4 Å². The molecular formula is C20H25N3O4S. The average molecular weight is 404 g/mol. The maximum Gasteiger partial charge on any atom is 0.251 e. The summed E-state index contributed by atoms with van der Waals surface area (Å²) in [5.41, 5.74) is 3.28. The van der Waals surface area contributed by atoms with Crippen molar-refractivity contribution >= 4 is 21.6 Å². The number of hydrogen-bond donors (Lipinski definition) is 3. The molecule has 0 spiro atoms. The summed E-state index contributed by atoms with van der Waals surface area (Å²) >= 11 is 0. The van der Waals surface area contributed by atoms with E-state index in [9.17, 15) is 18.3 Å². The van der Waals surface area contributed by atoms with Crippen LogP contribution in [-0.4, -0.2) is 56.3 Å². The molecule has 1 aliphatic heterocycles. The smallest absolute Gasteiger partial charge is 0.251 e. The second kappa shape index (κ2) is 8.72. The Labute approximate surface area is 165 Å². The third kappa shape index (κ3) is 5.79. The molecule has 0 bridgehead atoms. The number of amides is 1. The maximum atomic E-state index is 12.3. The number of β-amino-alcohol motifs (C(OH)–C–C–N with tert-alkyl or cyclic N) is 1. The van der Waals surface area contributed by atoms with Crippen LogP contribution >= 0.6 is 0 Å². The molecule has 1 aliphatic rings. The Balaban J connectivity index is 1.50. The van der Waals surface area contributed by atoms with Gasteiger partial charge in [0, 0.05) is 37.4 Å². The summed E-state index contributed by atoms with van der Waals surface area (Å²) in [7, 11) is -3.41. The van der Waals surface area contributed by atoms with Gasteiger partial charge in [-0.2, -0.15) is 0 Å². The fourth-order valence-corrected chi connectivity index (χ4v) is 3.88. The van der Waals surface area contributed by atoms with Crippen LogP contribution in [0.4, 0.5) is 5.69 Å². The Kier molecular flexibility index (Phi) is 6.33. The number of nitrogens with one attached hydrogen (secondary N) is 2. The van der Waals surface area contributed by atoms with E-state index in [0.717, 1.165) is 25.8 Å². The lowest BCUT2D eigenvalue weighted by Gasteiger charge is -2.30. The first-order chi connectivity index (χ1) is 13.3. The number of aliphatic hydroxyl groups excluding tert-OH is 1. The number of hydrogen-bond acceptors (Lipinski definition) is 5. The lowest BCUT2D eigenvalue weighted by molar-refractivity contribution is 0.0842. The number of benzene rings is 2. The highest BCUT2D eigenvalue weighted by Gasteiger charge is 2.19. The van der Waals surface area contributed by atoms with Gasteiger partial charge in [0.25, 0.3) is 5.91 Å². The predicted octanol–water partition coefficient (Wildman–Crippen LogP) is 1.21. The molecule has 0 aromatic heterocycles. The number of nitrogens with zero attached hydrogens (tertiary/aromatic N) is 1. The highest BCUT2D eigenvalue weighted by molar-refractivity contribution is 7.92. The van der Waals surface area contributed by atoms with E-state index < -0.39 is 16.1 Å². The number of carbonyl (C=O) groups excluding carboxylic acids is 1. The average Bonchev–Trinajstić information content (AvgIpc) is 2.65. The molecule has 1 atom stereocenters. The summed E-state index contributed by atoms with van der Waals surface area (Å²) in [6.45, 7) is 2.27. The SMILES string of the molecule is CS(=O)(=O)Nc1cccc(C(=O)NCC(O)CN2CCc3ccccc3C2)c1. The number of rotatable bonds is 7. The van der Waals surface area contributed by atoms with Crippen molar-refractivity contribution in [1.82, 2.24) is 10.2 Å². The van der Waals surface area contributed by atoms with Crippen LogP contribution in [0.25, 0.3) is 0 Å². The van der Waals surface area contributed by atoms with E-state index >= 15 is 0 Å². The second-order valence-electron chi connectivity index (χ2n) is 7.07. The van der Waals surface area contributed by atoms with Crippen molar-refractivity contribution in [2.45, 2.75) is 19.1 Å². The van der Waals surface area contributed by atoms with Crippen LogP contribution in [0.3, 0.4) is 0 Å². The predicted molar refractivity (Wildman–Crippen MR) is 109 cm³/mol. The van der Waals surface area contributed by atoms with E-state index in [4.69, 9.17) is 0 Å². The molecular weight excluding hydrogens is 378 g/mol. The zero-order valence-electron chi connectivity index (χ0n) is 15.8. The normalized spacial score (nSPS) is 15.5. The van der Waals surface area contributed by atoms with Crippen LogP contribution in [0.5, 0.6) is 0 Å². The van der Waals surface area contributed by atoms with E-state index in [-0.39, 0.29) is 12.5 Å². The molecule has 1 unspecified atom stereocenters. The van der Waals surface area contributed by atoms with Crippen LogP contribution in [-0.2, 0) is 23.0 Å². The lowest BCUT2D eigenvalue weighted by atomic mass is 10.00. The Morgan fingerprint density at radius 3 is 2.68 bits per heavy atom. The molecule has 3 N–H and O–H groups in total. The van der Waals surface area contributed by atoms with E-state index in [1.54, 1.807) is 18.2 Å². The molecule has 28 heavy (non-hydrogen) atoms. The highest BCUT2D eigenvalue weighted by atomic mass is 32.2. The number of fused-ring (bicyclic) bond motifs is 1. The first-order valence-electron chi connectivity index (χ1n) is 9.13. The first-order valence-corrected chi connectivity index (χ1v) is 11.0. The molecule has 0 aliphatic carbocycles. The van der Waals surface area contributed by atoms with Gasteiger partial charge in [-0.25, -0.2) is 8.42 Å². The topological polar surface area (TPSA) is 98.7 Å². The molecule has 3 rings (SSSR count). The molecule has 1 heterocycles. The van der Waals surface area contributed by atoms with Crippen molar-refractivity contribution in [3.05, 3.63) is 65.2 Å². The minimum atomic E-state index is -3.41. The molecule has 2 aromatic carbocycles. The molecule has 0 saturated carbocycles. The van der Waals surface area contributed by atoms with Crippen molar-refractivity contribution in [3.63, 3.8) is 0 Å². The number of aliphatic hydroxyl groups is 1. The van der Waals surface area contributed by atoms with Gasteiger partial charge in [0.15, 0.2) is 0 Å². The monoisotopic (exact) mass is 403 g/mol. The van der Waals surface area contributed by atoms with Crippen molar-refractivity contribution in [1.29, 1.82) is 0 Å². The lowest BCUT2D eigenvalue weighted by Crippen LogP contribution is -2.42. The molecule has 8 heteroatoms. The summed E-state index contributed by atoms with van der Waals surface area (Å²) < 4.78 is 25.0. The van der Waals surface area contributed by atoms with E-state index in [1.807, 2.05) is 12.1 Å². The molecule has 0 radical (unpaired) electrons. The third-order valence-electron chi connectivity index (χ3n) is 4.60. The number of anilines is 1. The second-order valence-corrected chi connectivity index (χ2v) is 8.82. The van der Waals surface area contributed by atoms with Crippen LogP contribution < -0.4 is 10.0 Å². The minimum Gasteiger partial charge on any atom is -0.390 e. The molecule has 7 nitrogen and oxygen atoms in total. The zero-order valence-corrected chi connectivity index (χ0v) is 16.6. The van der Waals surface area contributed by atoms with Crippen LogP contribution in [0.2, 0.25) is 0 Å². The summed E-state index contributed by atoms with van der Waals surface area (Å²) in [5.74, 6) is -0.361. The first kappa shape index (κ1) is 20.3. The van der Waals surface area contributed by atoms with Gasteiger partial charge >= 0.3 is 0 Å². The fourth-order valence-electron chi connectivity index (χ4n) is 3.32. The number of carbonyl (C=O) groups is 1. The fraction of sp³-hybridized carbons (Fsp3) is 0.350. The largest absolute Gasteiger partial charge is 0.390 e. The molecule has 2 aromatic rings. The van der Waals surface area contributed by atoms with Gasteiger partial charge in [-0.3, -0.25) is 14.4 Å². The zero-order chi connectivity index (χ0) is 20.1. The van der Waals surface area contributed by atoms with Gasteiger partial charge in [-0.15, -0.1) is 0 Å². The van der Waals surface area contributed by atoms with Crippen LogP contribution in [0.1, 0.15) is 21.5 Å². The Bertz CT molecular complexity index is 946. The van der Waals surface area contributed by atoms with Gasteiger partial charge in [-0.05, 0) is 35.7 Å². The summed E-state index contributed by atoms with van der Waals surface area (Å²) in [4.78, 5) is 14.5. The highest BCUT2D eigenvalue weighted by Crippen LogP contribution is 2.18. The van der Waals surface area contributed by atoms with Gasteiger partial charge in [0.1, 0.15) is 0 Å². The van der Waals surface area contributed by atoms with E-state index in [1.165, 1.54) is 17.2 Å². The maximum absolute atomic E-state index is 12.3. The quantitative estimate of drug-likeness (QED) is 0.645. The van der Waals surface area contributed by atoms with Crippen molar-refractivity contribution < 1.29 is 18.3 Å². The molecule has 1 amide bonds. The Hall–Kier alpha value is -2.42. The molecule has 0 fully saturated rings. The Morgan fingerprint density at radius 1 is 1.18 bits per heavy atom. The van der Waals surface area contributed by atoms with Crippen molar-refractivity contribution in [3.8, 4) is 0 Å². The van der Waals surface area contributed by atoms with Crippen LogP contribution in [0.15, 0.2) is 48.5 Å². The van der Waals surface area contributed by atoms with E-state index in [0.29, 0.717) is 17.8 Å². The summed E-state index contributed by atoms with van der Waals surface area (Å²) in [6, 6.07) is 14.5. The third-order valence-corrected chi connectivity index (χ3v) is 5.21. The van der Waals surface area contributed by atoms with Gasteiger partial charge in [0.05, 0.1) is 12.4 Å². The van der Waals surface area contributed by atoms with Crippen molar-refractivity contribution in [2.75, 3.05) is 30.6 Å². The minimum absolute atomic E-state index is 0.126. The van der Waals surface area contributed by atoms with Gasteiger partial charge in [0.2, 0.25) is 10.0 Å². The summed E-state index contributed by atoms with van der Waals surface area (Å²) in [5, 5.41) is 13.0. The summed E-state index contributed by atoms with van der Waals surface area (Å²) in [6.07, 6.45) is 1.32. The number of sulfonamides is 1. The van der Waals surface area contributed by atoms with Crippen molar-refractivity contribution in [2.24, 2.45) is 0 Å². The van der Waals surface area contributed by atoms with Crippen LogP contribution in [0, 0.1) is 0 Å². The molecule has 0 saturated heterocycles. The van der Waals surface area contributed by atoms with E-state index in [2.05, 4.69) is 27.1 Å².